The number of rotatable bonds is 4. The summed E-state index contributed by atoms with van der Waals surface area (Å²) in [7, 11) is 4.97. The van der Waals surface area contributed by atoms with E-state index in [9.17, 15) is 0 Å². The SMILES string of the molecule is CCc1c(OC)cc(OC)c(C)c1OC. The van der Waals surface area contributed by atoms with E-state index < -0.39 is 0 Å². The molecule has 0 aliphatic rings. The van der Waals surface area contributed by atoms with Crippen molar-refractivity contribution in [1.29, 1.82) is 0 Å². The summed E-state index contributed by atoms with van der Waals surface area (Å²) in [6, 6.07) is 1.90. The molecular weight excluding hydrogens is 192 g/mol. The van der Waals surface area contributed by atoms with Gasteiger partial charge >= 0.3 is 0 Å². The first kappa shape index (κ1) is 11.7. The summed E-state index contributed by atoms with van der Waals surface area (Å²) in [6.07, 6.45) is 0.872. The average Bonchev–Trinajstić information content (AvgIpc) is 2.28. The van der Waals surface area contributed by atoms with Gasteiger partial charge in [-0.2, -0.15) is 0 Å². The third-order valence-corrected chi connectivity index (χ3v) is 2.54. The molecule has 0 atom stereocenters. The minimum Gasteiger partial charge on any atom is -0.496 e. The summed E-state index contributed by atoms with van der Waals surface area (Å²) in [5.41, 5.74) is 2.09. The Kier molecular flexibility index (Phi) is 3.83. The van der Waals surface area contributed by atoms with Crippen LogP contribution in [0.25, 0.3) is 0 Å². The second-order valence-corrected chi connectivity index (χ2v) is 3.27. The van der Waals surface area contributed by atoms with E-state index >= 15 is 0 Å². The zero-order valence-corrected chi connectivity index (χ0v) is 10.0. The van der Waals surface area contributed by atoms with Crippen LogP contribution in [0, 0.1) is 6.92 Å². The molecule has 0 amide bonds. The first-order chi connectivity index (χ1) is 7.19. The van der Waals surface area contributed by atoms with Crippen molar-refractivity contribution < 1.29 is 14.2 Å². The summed E-state index contributed by atoms with van der Waals surface area (Å²) >= 11 is 0. The van der Waals surface area contributed by atoms with Crippen molar-refractivity contribution in [3.63, 3.8) is 0 Å². The number of hydrogen-bond acceptors (Lipinski definition) is 3. The Labute approximate surface area is 91.0 Å². The van der Waals surface area contributed by atoms with Gasteiger partial charge in [-0.3, -0.25) is 0 Å². The van der Waals surface area contributed by atoms with Crippen molar-refractivity contribution in [3.8, 4) is 17.2 Å². The van der Waals surface area contributed by atoms with E-state index in [2.05, 4.69) is 6.92 Å². The van der Waals surface area contributed by atoms with Crippen LogP contribution in [-0.2, 0) is 6.42 Å². The number of ether oxygens (including phenoxy) is 3. The molecule has 0 saturated heterocycles. The maximum absolute atomic E-state index is 5.39. The maximum Gasteiger partial charge on any atom is 0.132 e. The van der Waals surface area contributed by atoms with E-state index in [1.807, 2.05) is 13.0 Å². The molecule has 0 fully saturated rings. The first-order valence-corrected chi connectivity index (χ1v) is 4.98. The van der Waals surface area contributed by atoms with Gasteiger partial charge in [-0.15, -0.1) is 0 Å². The van der Waals surface area contributed by atoms with Crippen molar-refractivity contribution >= 4 is 0 Å². The molecular formula is C12H18O3. The lowest BCUT2D eigenvalue weighted by molar-refractivity contribution is 0.365. The van der Waals surface area contributed by atoms with Crippen LogP contribution < -0.4 is 14.2 Å². The van der Waals surface area contributed by atoms with Crippen LogP contribution in [0.4, 0.5) is 0 Å². The zero-order valence-electron chi connectivity index (χ0n) is 10.0. The zero-order chi connectivity index (χ0) is 11.4. The molecule has 0 heterocycles. The van der Waals surface area contributed by atoms with Crippen molar-refractivity contribution in [3.05, 3.63) is 17.2 Å². The fraction of sp³-hybridized carbons (Fsp3) is 0.500. The maximum atomic E-state index is 5.39. The highest BCUT2D eigenvalue weighted by atomic mass is 16.5. The van der Waals surface area contributed by atoms with Crippen molar-refractivity contribution in [2.24, 2.45) is 0 Å². The third-order valence-electron chi connectivity index (χ3n) is 2.54. The van der Waals surface area contributed by atoms with Gasteiger partial charge < -0.3 is 14.2 Å². The Balaban J connectivity index is 3.43. The second-order valence-electron chi connectivity index (χ2n) is 3.27. The quantitative estimate of drug-likeness (QED) is 0.764. The van der Waals surface area contributed by atoms with E-state index in [1.54, 1.807) is 21.3 Å². The van der Waals surface area contributed by atoms with Crippen LogP contribution in [0.1, 0.15) is 18.1 Å². The largest absolute Gasteiger partial charge is 0.496 e. The number of hydrogen-bond donors (Lipinski definition) is 0. The smallest absolute Gasteiger partial charge is 0.132 e. The highest BCUT2D eigenvalue weighted by Crippen LogP contribution is 2.38. The minimum atomic E-state index is 0.793. The Morgan fingerprint density at radius 2 is 1.60 bits per heavy atom. The van der Waals surface area contributed by atoms with Crippen LogP contribution >= 0.6 is 0 Å². The van der Waals surface area contributed by atoms with E-state index in [0.29, 0.717) is 0 Å². The van der Waals surface area contributed by atoms with E-state index in [4.69, 9.17) is 14.2 Å². The topological polar surface area (TPSA) is 27.7 Å². The summed E-state index contributed by atoms with van der Waals surface area (Å²) in [5, 5.41) is 0. The fourth-order valence-electron chi connectivity index (χ4n) is 1.77. The monoisotopic (exact) mass is 210 g/mol. The normalized spacial score (nSPS) is 9.93. The molecule has 0 radical (unpaired) electrons. The first-order valence-electron chi connectivity index (χ1n) is 4.98. The molecule has 84 valence electrons. The molecule has 0 aliphatic heterocycles. The predicted octanol–water partition coefficient (Wildman–Crippen LogP) is 2.58. The predicted molar refractivity (Wildman–Crippen MR) is 60.2 cm³/mol. The van der Waals surface area contributed by atoms with Crippen LogP contribution in [0.3, 0.4) is 0 Å². The Morgan fingerprint density at radius 3 is 2.00 bits per heavy atom. The van der Waals surface area contributed by atoms with Crippen molar-refractivity contribution in [2.75, 3.05) is 21.3 Å². The van der Waals surface area contributed by atoms with Crippen LogP contribution in [-0.4, -0.2) is 21.3 Å². The molecule has 0 aliphatic carbocycles. The molecule has 0 bridgehead atoms. The third kappa shape index (κ3) is 2.01. The Hall–Kier alpha value is -1.38. The standard InChI is InChI=1S/C12H18O3/c1-6-9-11(14-4)7-10(13-3)8(2)12(9)15-5/h7H,6H2,1-5H3. The van der Waals surface area contributed by atoms with Gasteiger partial charge in [0.2, 0.25) is 0 Å². The van der Waals surface area contributed by atoms with Gasteiger partial charge in [0.15, 0.2) is 0 Å². The van der Waals surface area contributed by atoms with Gasteiger partial charge in [0.1, 0.15) is 17.2 Å². The highest BCUT2D eigenvalue weighted by molar-refractivity contribution is 5.56. The molecule has 0 spiro atoms. The number of benzene rings is 1. The van der Waals surface area contributed by atoms with E-state index in [-0.39, 0.29) is 0 Å². The Bertz CT molecular complexity index is 345. The van der Waals surface area contributed by atoms with Gasteiger partial charge in [0.25, 0.3) is 0 Å². The molecule has 3 nitrogen and oxygen atoms in total. The molecule has 1 aromatic carbocycles. The van der Waals surface area contributed by atoms with Crippen LogP contribution in [0.15, 0.2) is 6.07 Å². The van der Waals surface area contributed by atoms with E-state index in [0.717, 1.165) is 34.8 Å². The van der Waals surface area contributed by atoms with Gasteiger partial charge in [-0.1, -0.05) is 6.92 Å². The van der Waals surface area contributed by atoms with Crippen molar-refractivity contribution in [2.45, 2.75) is 20.3 Å². The lowest BCUT2D eigenvalue weighted by Gasteiger charge is -2.17. The molecule has 0 aromatic heterocycles. The van der Waals surface area contributed by atoms with Gasteiger partial charge in [-0.05, 0) is 13.3 Å². The Morgan fingerprint density at radius 1 is 1.00 bits per heavy atom. The summed E-state index contributed by atoms with van der Waals surface area (Å²) < 4.78 is 16.0. The molecule has 0 unspecified atom stereocenters. The second kappa shape index (κ2) is 4.91. The lowest BCUT2D eigenvalue weighted by Crippen LogP contribution is -2.00. The van der Waals surface area contributed by atoms with Gasteiger partial charge in [0.05, 0.1) is 21.3 Å². The van der Waals surface area contributed by atoms with Gasteiger partial charge in [-0.25, -0.2) is 0 Å². The summed E-state index contributed by atoms with van der Waals surface area (Å²) in [4.78, 5) is 0. The van der Waals surface area contributed by atoms with E-state index in [1.165, 1.54) is 0 Å². The highest BCUT2D eigenvalue weighted by Gasteiger charge is 2.15. The number of methoxy groups -OCH3 is 3. The minimum absolute atomic E-state index is 0.793. The molecule has 1 aromatic rings. The summed E-state index contributed by atoms with van der Waals surface area (Å²) in [5.74, 6) is 2.46. The lowest BCUT2D eigenvalue weighted by atomic mass is 10.0. The molecule has 0 saturated carbocycles. The van der Waals surface area contributed by atoms with Gasteiger partial charge in [0, 0.05) is 17.2 Å². The molecule has 1 rings (SSSR count). The summed E-state index contributed by atoms with van der Waals surface area (Å²) in [6.45, 7) is 4.06. The average molecular weight is 210 g/mol. The fourth-order valence-corrected chi connectivity index (χ4v) is 1.77. The van der Waals surface area contributed by atoms with Crippen LogP contribution in [0.2, 0.25) is 0 Å². The molecule has 0 N–H and O–H groups in total. The molecule has 3 heteroatoms. The molecule has 15 heavy (non-hydrogen) atoms. The van der Waals surface area contributed by atoms with Crippen LogP contribution in [0.5, 0.6) is 17.2 Å². The van der Waals surface area contributed by atoms with Crippen molar-refractivity contribution in [1.82, 2.24) is 0 Å².